The van der Waals surface area contributed by atoms with Crippen LogP contribution in [0.25, 0.3) is 0 Å². The van der Waals surface area contributed by atoms with E-state index in [9.17, 15) is 4.79 Å². The standard InChI is InChI=1S/C13H24BrNO/c1-9(8-14)10(2)15-12(16)11-6-5-7-13(11,3)4/h9-11H,5-8H2,1-4H3,(H,15,16). The molecular weight excluding hydrogens is 266 g/mol. The molecule has 0 aliphatic heterocycles. The molecule has 0 spiro atoms. The molecule has 0 aromatic rings. The maximum absolute atomic E-state index is 12.2. The van der Waals surface area contributed by atoms with E-state index in [1.54, 1.807) is 0 Å². The molecule has 3 atom stereocenters. The van der Waals surface area contributed by atoms with Crippen molar-refractivity contribution < 1.29 is 4.79 Å². The zero-order valence-electron chi connectivity index (χ0n) is 10.8. The number of carbonyl (C=O) groups excluding carboxylic acids is 1. The summed E-state index contributed by atoms with van der Waals surface area (Å²) in [5, 5.41) is 4.09. The molecule has 0 bridgehead atoms. The number of rotatable bonds is 4. The zero-order chi connectivity index (χ0) is 12.3. The Morgan fingerprint density at radius 3 is 2.56 bits per heavy atom. The van der Waals surface area contributed by atoms with Crippen LogP contribution in [-0.4, -0.2) is 17.3 Å². The summed E-state index contributed by atoms with van der Waals surface area (Å²) in [5.41, 5.74) is 0.182. The van der Waals surface area contributed by atoms with Gasteiger partial charge in [0.25, 0.3) is 0 Å². The Hall–Kier alpha value is -0.0500. The second-order valence-corrected chi connectivity index (χ2v) is 6.51. The highest BCUT2D eigenvalue weighted by molar-refractivity contribution is 9.09. The maximum Gasteiger partial charge on any atom is 0.223 e. The first-order chi connectivity index (χ1) is 7.38. The van der Waals surface area contributed by atoms with Crippen LogP contribution in [0.4, 0.5) is 0 Å². The first-order valence-electron chi connectivity index (χ1n) is 6.25. The van der Waals surface area contributed by atoms with E-state index in [0.29, 0.717) is 5.92 Å². The van der Waals surface area contributed by atoms with Crippen LogP contribution in [0.2, 0.25) is 0 Å². The van der Waals surface area contributed by atoms with Gasteiger partial charge in [-0.25, -0.2) is 0 Å². The third-order valence-corrected chi connectivity index (χ3v) is 5.06. The Kier molecular flexibility index (Phi) is 4.84. The minimum atomic E-state index is 0.182. The SMILES string of the molecule is CC(CBr)C(C)NC(=O)C1CCCC1(C)C. The van der Waals surface area contributed by atoms with Gasteiger partial charge in [-0.1, -0.05) is 43.1 Å². The average molecular weight is 290 g/mol. The van der Waals surface area contributed by atoms with E-state index in [1.807, 2.05) is 0 Å². The summed E-state index contributed by atoms with van der Waals surface area (Å²) < 4.78 is 0. The summed E-state index contributed by atoms with van der Waals surface area (Å²) >= 11 is 3.46. The van der Waals surface area contributed by atoms with Gasteiger partial charge < -0.3 is 5.32 Å². The first-order valence-corrected chi connectivity index (χ1v) is 7.37. The molecule has 1 rings (SSSR count). The highest BCUT2D eigenvalue weighted by atomic mass is 79.9. The molecule has 1 aliphatic carbocycles. The molecule has 0 heterocycles. The van der Waals surface area contributed by atoms with Crippen LogP contribution in [0.15, 0.2) is 0 Å². The zero-order valence-corrected chi connectivity index (χ0v) is 12.4. The molecule has 2 nitrogen and oxygen atoms in total. The van der Waals surface area contributed by atoms with Crippen LogP contribution < -0.4 is 5.32 Å². The Balaban J connectivity index is 2.52. The van der Waals surface area contributed by atoms with Gasteiger partial charge in [-0.05, 0) is 31.1 Å². The van der Waals surface area contributed by atoms with Crippen molar-refractivity contribution in [2.75, 3.05) is 5.33 Å². The number of hydrogen-bond donors (Lipinski definition) is 1. The predicted molar refractivity (Wildman–Crippen MR) is 71.7 cm³/mol. The molecule has 0 aromatic carbocycles. The molecule has 16 heavy (non-hydrogen) atoms. The number of hydrogen-bond acceptors (Lipinski definition) is 1. The highest BCUT2D eigenvalue weighted by Crippen LogP contribution is 2.42. The molecule has 0 aromatic heterocycles. The number of halogens is 1. The molecule has 1 amide bonds. The van der Waals surface area contributed by atoms with Gasteiger partial charge >= 0.3 is 0 Å². The van der Waals surface area contributed by atoms with Crippen molar-refractivity contribution in [3.63, 3.8) is 0 Å². The van der Waals surface area contributed by atoms with Crippen LogP contribution >= 0.6 is 15.9 Å². The normalized spacial score (nSPS) is 27.4. The fraction of sp³-hybridized carbons (Fsp3) is 0.923. The van der Waals surface area contributed by atoms with Crippen molar-refractivity contribution >= 4 is 21.8 Å². The van der Waals surface area contributed by atoms with Crippen LogP contribution in [0.3, 0.4) is 0 Å². The molecule has 1 fully saturated rings. The minimum absolute atomic E-state index is 0.182. The Bertz CT molecular complexity index is 252. The van der Waals surface area contributed by atoms with E-state index in [0.717, 1.165) is 11.8 Å². The van der Waals surface area contributed by atoms with Crippen LogP contribution in [-0.2, 0) is 4.79 Å². The molecule has 3 heteroatoms. The van der Waals surface area contributed by atoms with Crippen molar-refractivity contribution in [3.05, 3.63) is 0 Å². The molecule has 3 unspecified atom stereocenters. The van der Waals surface area contributed by atoms with Crippen molar-refractivity contribution in [2.24, 2.45) is 17.3 Å². The van der Waals surface area contributed by atoms with Gasteiger partial charge in [0.1, 0.15) is 0 Å². The van der Waals surface area contributed by atoms with Crippen LogP contribution in [0, 0.1) is 17.3 Å². The lowest BCUT2D eigenvalue weighted by atomic mass is 9.81. The average Bonchev–Trinajstić information content (AvgIpc) is 2.56. The number of nitrogens with one attached hydrogen (secondary N) is 1. The van der Waals surface area contributed by atoms with Crippen molar-refractivity contribution in [2.45, 2.75) is 53.0 Å². The van der Waals surface area contributed by atoms with Gasteiger partial charge in [0, 0.05) is 17.3 Å². The fourth-order valence-corrected chi connectivity index (χ4v) is 2.97. The summed E-state index contributed by atoms with van der Waals surface area (Å²) in [7, 11) is 0. The minimum Gasteiger partial charge on any atom is -0.353 e. The Morgan fingerprint density at radius 2 is 2.12 bits per heavy atom. The summed E-state index contributed by atoms with van der Waals surface area (Å²) in [4.78, 5) is 12.2. The van der Waals surface area contributed by atoms with E-state index in [2.05, 4.69) is 48.9 Å². The van der Waals surface area contributed by atoms with Gasteiger partial charge in [0.05, 0.1) is 0 Å². The van der Waals surface area contributed by atoms with Gasteiger partial charge in [-0.3, -0.25) is 4.79 Å². The van der Waals surface area contributed by atoms with Gasteiger partial charge in [0.15, 0.2) is 0 Å². The first kappa shape index (κ1) is 14.0. The Morgan fingerprint density at radius 1 is 1.50 bits per heavy atom. The fourth-order valence-electron chi connectivity index (χ4n) is 2.41. The topological polar surface area (TPSA) is 29.1 Å². The van der Waals surface area contributed by atoms with Crippen molar-refractivity contribution in [3.8, 4) is 0 Å². The Labute approximate surface area is 108 Å². The second-order valence-electron chi connectivity index (χ2n) is 5.86. The third kappa shape index (κ3) is 3.22. The lowest BCUT2D eigenvalue weighted by molar-refractivity contribution is -0.128. The largest absolute Gasteiger partial charge is 0.353 e. The van der Waals surface area contributed by atoms with E-state index < -0.39 is 0 Å². The summed E-state index contributed by atoms with van der Waals surface area (Å²) in [5.74, 6) is 0.939. The lowest BCUT2D eigenvalue weighted by Gasteiger charge is -2.28. The molecule has 94 valence electrons. The van der Waals surface area contributed by atoms with Gasteiger partial charge in [-0.2, -0.15) is 0 Å². The molecule has 1 N–H and O–H groups in total. The molecule has 0 saturated heterocycles. The van der Waals surface area contributed by atoms with E-state index in [1.165, 1.54) is 12.8 Å². The third-order valence-electron chi connectivity index (χ3n) is 4.04. The summed E-state index contributed by atoms with van der Waals surface area (Å²) in [6, 6.07) is 0.253. The number of alkyl halides is 1. The smallest absolute Gasteiger partial charge is 0.223 e. The molecule has 0 radical (unpaired) electrons. The quantitative estimate of drug-likeness (QED) is 0.790. The monoisotopic (exact) mass is 289 g/mol. The molecule has 1 aliphatic rings. The molecular formula is C13H24BrNO. The van der Waals surface area contributed by atoms with Gasteiger partial charge in [-0.15, -0.1) is 0 Å². The maximum atomic E-state index is 12.2. The van der Waals surface area contributed by atoms with Gasteiger partial charge in [0.2, 0.25) is 5.91 Å². The van der Waals surface area contributed by atoms with Crippen molar-refractivity contribution in [1.82, 2.24) is 5.32 Å². The van der Waals surface area contributed by atoms with Crippen LogP contribution in [0.1, 0.15) is 47.0 Å². The second kappa shape index (κ2) is 5.52. The van der Waals surface area contributed by atoms with Crippen molar-refractivity contribution in [1.29, 1.82) is 0 Å². The summed E-state index contributed by atoms with van der Waals surface area (Å²) in [6.07, 6.45) is 3.41. The van der Waals surface area contributed by atoms with E-state index in [-0.39, 0.29) is 23.3 Å². The number of carbonyl (C=O) groups is 1. The highest BCUT2D eigenvalue weighted by Gasteiger charge is 2.39. The van der Waals surface area contributed by atoms with E-state index in [4.69, 9.17) is 0 Å². The van der Waals surface area contributed by atoms with E-state index >= 15 is 0 Å². The number of amides is 1. The predicted octanol–water partition coefficient (Wildman–Crippen LogP) is 3.35. The van der Waals surface area contributed by atoms with Crippen LogP contribution in [0.5, 0.6) is 0 Å². The summed E-state index contributed by atoms with van der Waals surface area (Å²) in [6.45, 7) is 8.66. The lowest BCUT2D eigenvalue weighted by Crippen LogP contribution is -2.43. The molecule has 1 saturated carbocycles.